The van der Waals surface area contributed by atoms with E-state index in [0.29, 0.717) is 27.1 Å². The first-order chi connectivity index (χ1) is 10.6. The number of nitrogens with zero attached hydrogens (tertiary/aromatic N) is 1. The summed E-state index contributed by atoms with van der Waals surface area (Å²) in [4.78, 5) is 16.3. The maximum atomic E-state index is 11.7. The van der Waals surface area contributed by atoms with Crippen molar-refractivity contribution in [1.82, 2.24) is 4.98 Å². The van der Waals surface area contributed by atoms with Gasteiger partial charge >= 0.3 is 5.97 Å². The highest BCUT2D eigenvalue weighted by molar-refractivity contribution is 9.10. The number of fused-ring (bicyclic) bond motifs is 1. The molecule has 1 aliphatic carbocycles. The Morgan fingerprint density at radius 2 is 2.14 bits per heavy atom. The lowest BCUT2D eigenvalue weighted by molar-refractivity contribution is 0.0600. The Kier molecular flexibility index (Phi) is 4.49. The van der Waals surface area contributed by atoms with Crippen LogP contribution in [0, 0.1) is 5.92 Å². The van der Waals surface area contributed by atoms with E-state index >= 15 is 0 Å². The molecule has 0 atom stereocenters. The zero-order valence-electron chi connectivity index (χ0n) is 12.3. The summed E-state index contributed by atoms with van der Waals surface area (Å²) >= 11 is 3.36. The molecule has 0 bridgehead atoms. The van der Waals surface area contributed by atoms with Gasteiger partial charge in [-0.2, -0.15) is 0 Å². The summed E-state index contributed by atoms with van der Waals surface area (Å²) in [6.07, 6.45) is 3.94. The third-order valence-electron chi connectivity index (χ3n) is 4.35. The van der Waals surface area contributed by atoms with E-state index in [1.165, 1.54) is 7.11 Å². The Bertz CT molecular complexity index is 689. The molecule has 1 N–H and O–H groups in total. The summed E-state index contributed by atoms with van der Waals surface area (Å²) < 4.78 is 11.3. The first-order valence-electron chi connectivity index (χ1n) is 7.41. The Balaban J connectivity index is 1.88. The molecule has 118 valence electrons. The van der Waals surface area contributed by atoms with Gasteiger partial charge in [-0.15, -0.1) is 0 Å². The fourth-order valence-electron chi connectivity index (χ4n) is 3.00. The molecule has 1 heterocycles. The highest BCUT2D eigenvalue weighted by atomic mass is 79.9. The number of aromatic nitrogens is 1. The lowest BCUT2D eigenvalue weighted by atomic mass is 9.82. The Labute approximate surface area is 136 Å². The molecule has 22 heavy (non-hydrogen) atoms. The van der Waals surface area contributed by atoms with Crippen molar-refractivity contribution in [2.45, 2.75) is 31.6 Å². The van der Waals surface area contributed by atoms with Crippen LogP contribution in [0.25, 0.3) is 11.1 Å². The molecule has 1 saturated carbocycles. The topological polar surface area (TPSA) is 72.6 Å². The van der Waals surface area contributed by atoms with Crippen molar-refractivity contribution in [3.63, 3.8) is 0 Å². The zero-order valence-corrected chi connectivity index (χ0v) is 13.9. The van der Waals surface area contributed by atoms with E-state index < -0.39 is 5.97 Å². The number of esters is 1. The fraction of sp³-hybridized carbons (Fsp3) is 0.500. The van der Waals surface area contributed by atoms with Crippen molar-refractivity contribution >= 4 is 33.0 Å². The maximum Gasteiger partial charge on any atom is 0.339 e. The van der Waals surface area contributed by atoms with Crippen LogP contribution in [-0.2, 0) is 4.74 Å². The molecule has 6 heteroatoms. The van der Waals surface area contributed by atoms with Crippen LogP contribution in [0.5, 0.6) is 0 Å². The van der Waals surface area contributed by atoms with Gasteiger partial charge in [0.05, 0.1) is 12.7 Å². The number of benzene rings is 1. The Morgan fingerprint density at radius 1 is 1.41 bits per heavy atom. The van der Waals surface area contributed by atoms with Gasteiger partial charge in [0.1, 0.15) is 5.52 Å². The van der Waals surface area contributed by atoms with Gasteiger partial charge in [-0.25, -0.2) is 9.78 Å². The highest BCUT2D eigenvalue weighted by Gasteiger charge is 2.26. The molecular weight excluding hydrogens is 350 g/mol. The summed E-state index contributed by atoms with van der Waals surface area (Å²) in [6.45, 7) is 0.260. The molecule has 1 aromatic carbocycles. The molecule has 0 amide bonds. The van der Waals surface area contributed by atoms with Crippen molar-refractivity contribution in [3.05, 3.63) is 28.1 Å². The maximum absolute atomic E-state index is 11.7. The summed E-state index contributed by atoms with van der Waals surface area (Å²) in [5, 5.41) is 9.21. The van der Waals surface area contributed by atoms with Crippen LogP contribution in [0.1, 0.15) is 47.8 Å². The van der Waals surface area contributed by atoms with E-state index in [0.717, 1.165) is 31.6 Å². The van der Waals surface area contributed by atoms with E-state index in [4.69, 9.17) is 9.15 Å². The number of halogens is 1. The number of oxazole rings is 1. The van der Waals surface area contributed by atoms with Gasteiger partial charge in [-0.05, 0) is 59.7 Å². The van der Waals surface area contributed by atoms with Crippen molar-refractivity contribution in [2.75, 3.05) is 13.7 Å². The van der Waals surface area contributed by atoms with Crippen molar-refractivity contribution in [1.29, 1.82) is 0 Å². The molecule has 1 aromatic heterocycles. The normalized spacial score (nSPS) is 22.0. The molecule has 0 radical (unpaired) electrons. The number of methoxy groups -OCH3 is 1. The Hall–Kier alpha value is -1.40. The molecule has 0 unspecified atom stereocenters. The number of ether oxygens (including phenoxy) is 1. The van der Waals surface area contributed by atoms with Gasteiger partial charge in [0.15, 0.2) is 11.5 Å². The molecule has 1 fully saturated rings. The lowest BCUT2D eigenvalue weighted by Crippen LogP contribution is -2.16. The number of aliphatic hydroxyl groups excluding tert-OH is 1. The third kappa shape index (κ3) is 2.90. The van der Waals surface area contributed by atoms with Crippen LogP contribution in [0.4, 0.5) is 0 Å². The number of hydrogen-bond donors (Lipinski definition) is 1. The van der Waals surface area contributed by atoms with Gasteiger partial charge in [0, 0.05) is 17.0 Å². The van der Waals surface area contributed by atoms with E-state index in [-0.39, 0.29) is 12.5 Å². The number of carbonyl (C=O) groups is 1. The summed E-state index contributed by atoms with van der Waals surface area (Å²) in [7, 11) is 1.35. The van der Waals surface area contributed by atoms with E-state index in [9.17, 15) is 9.90 Å². The summed E-state index contributed by atoms with van der Waals surface area (Å²) in [6, 6.07) is 3.45. The van der Waals surface area contributed by atoms with E-state index in [1.54, 1.807) is 12.1 Å². The zero-order chi connectivity index (χ0) is 15.7. The average Bonchev–Trinajstić information content (AvgIpc) is 2.96. The van der Waals surface area contributed by atoms with Crippen LogP contribution >= 0.6 is 15.9 Å². The molecule has 2 aromatic rings. The van der Waals surface area contributed by atoms with Gasteiger partial charge in [0.2, 0.25) is 0 Å². The van der Waals surface area contributed by atoms with Crippen molar-refractivity contribution in [2.24, 2.45) is 5.92 Å². The van der Waals surface area contributed by atoms with Gasteiger partial charge in [-0.3, -0.25) is 0 Å². The van der Waals surface area contributed by atoms with Crippen LogP contribution < -0.4 is 0 Å². The van der Waals surface area contributed by atoms with Crippen LogP contribution in [0.2, 0.25) is 0 Å². The largest absolute Gasteiger partial charge is 0.465 e. The van der Waals surface area contributed by atoms with Crippen molar-refractivity contribution in [3.8, 4) is 0 Å². The second kappa shape index (κ2) is 6.38. The van der Waals surface area contributed by atoms with Gasteiger partial charge in [0.25, 0.3) is 0 Å². The number of hydrogen-bond acceptors (Lipinski definition) is 5. The Morgan fingerprint density at radius 3 is 2.77 bits per heavy atom. The minimum atomic E-state index is -0.401. The first kappa shape index (κ1) is 15.5. The standard InChI is InChI=1S/C16H18BrNO4/c1-21-16(20)11-6-13-14(7-12(11)17)22-15(18-13)10-4-2-9(8-19)3-5-10/h6-7,9-10,19H,2-5,8H2,1H3/t9-,10-. The molecular formula is C16H18BrNO4. The van der Waals surface area contributed by atoms with Crippen molar-refractivity contribution < 1.29 is 19.1 Å². The second-order valence-corrected chi connectivity index (χ2v) is 6.60. The molecule has 0 aliphatic heterocycles. The monoisotopic (exact) mass is 367 g/mol. The van der Waals surface area contributed by atoms with Gasteiger partial charge < -0.3 is 14.3 Å². The summed E-state index contributed by atoms with van der Waals surface area (Å²) in [5.74, 6) is 1.01. The number of carbonyl (C=O) groups excluding carboxylic acids is 1. The highest BCUT2D eigenvalue weighted by Crippen LogP contribution is 2.37. The summed E-state index contributed by atoms with van der Waals surface area (Å²) in [5.41, 5.74) is 1.78. The predicted molar refractivity (Wildman–Crippen MR) is 84.8 cm³/mol. The molecule has 0 saturated heterocycles. The minimum absolute atomic E-state index is 0.260. The fourth-order valence-corrected chi connectivity index (χ4v) is 3.48. The lowest BCUT2D eigenvalue weighted by Gasteiger charge is -2.24. The number of rotatable bonds is 3. The molecule has 1 aliphatic rings. The van der Waals surface area contributed by atoms with Crippen LogP contribution in [0.15, 0.2) is 21.0 Å². The first-order valence-corrected chi connectivity index (χ1v) is 8.20. The van der Waals surface area contributed by atoms with E-state index in [1.807, 2.05) is 0 Å². The predicted octanol–water partition coefficient (Wildman–Crippen LogP) is 3.64. The average molecular weight is 368 g/mol. The van der Waals surface area contributed by atoms with Gasteiger partial charge in [-0.1, -0.05) is 0 Å². The van der Waals surface area contributed by atoms with E-state index in [2.05, 4.69) is 20.9 Å². The molecule has 5 nitrogen and oxygen atoms in total. The number of aliphatic hydroxyl groups is 1. The smallest absolute Gasteiger partial charge is 0.339 e. The minimum Gasteiger partial charge on any atom is -0.465 e. The third-order valence-corrected chi connectivity index (χ3v) is 5.01. The second-order valence-electron chi connectivity index (χ2n) is 5.74. The van der Waals surface area contributed by atoms with Crippen LogP contribution in [0.3, 0.4) is 0 Å². The SMILES string of the molecule is COC(=O)c1cc2nc([C@H]3CC[C@H](CO)CC3)oc2cc1Br. The quantitative estimate of drug-likeness (QED) is 0.838. The molecule has 3 rings (SSSR count). The molecule has 0 spiro atoms. The van der Waals surface area contributed by atoms with Crippen LogP contribution in [-0.4, -0.2) is 29.8 Å².